The van der Waals surface area contributed by atoms with Gasteiger partial charge in [0.15, 0.2) is 0 Å². The highest BCUT2D eigenvalue weighted by Crippen LogP contribution is 2.39. The molecule has 0 spiro atoms. The SMILES string of the molecule is CCNCCC1(Oc2cc(C)cc(C)c2)CCC1. The van der Waals surface area contributed by atoms with Crippen LogP contribution in [0.2, 0.25) is 0 Å². The van der Waals surface area contributed by atoms with E-state index in [9.17, 15) is 0 Å². The molecule has 0 amide bonds. The van der Waals surface area contributed by atoms with Crippen molar-refractivity contribution in [2.75, 3.05) is 13.1 Å². The zero-order valence-corrected chi connectivity index (χ0v) is 11.9. The summed E-state index contributed by atoms with van der Waals surface area (Å²) in [6.45, 7) is 8.51. The van der Waals surface area contributed by atoms with Gasteiger partial charge in [-0.05, 0) is 75.9 Å². The lowest BCUT2D eigenvalue weighted by atomic mass is 9.77. The van der Waals surface area contributed by atoms with Crippen LogP contribution in [0.5, 0.6) is 5.75 Å². The number of ether oxygens (including phenoxy) is 1. The highest BCUT2D eigenvalue weighted by atomic mass is 16.5. The van der Waals surface area contributed by atoms with E-state index >= 15 is 0 Å². The van der Waals surface area contributed by atoms with E-state index in [1.807, 2.05) is 0 Å². The molecule has 0 heterocycles. The average molecular weight is 247 g/mol. The van der Waals surface area contributed by atoms with Crippen molar-refractivity contribution in [2.45, 2.75) is 52.1 Å². The Balaban J connectivity index is 2.00. The number of aryl methyl sites for hydroxylation is 2. The second-order valence-electron chi connectivity index (χ2n) is 5.57. The van der Waals surface area contributed by atoms with Crippen LogP contribution in [0.1, 0.15) is 43.7 Å². The number of benzene rings is 1. The maximum Gasteiger partial charge on any atom is 0.120 e. The minimum absolute atomic E-state index is 0.0996. The largest absolute Gasteiger partial charge is 0.487 e. The van der Waals surface area contributed by atoms with E-state index in [-0.39, 0.29) is 5.60 Å². The van der Waals surface area contributed by atoms with Crippen LogP contribution in [0.4, 0.5) is 0 Å². The second-order valence-corrected chi connectivity index (χ2v) is 5.57. The first-order chi connectivity index (χ1) is 8.63. The van der Waals surface area contributed by atoms with E-state index in [1.54, 1.807) is 0 Å². The van der Waals surface area contributed by atoms with Crippen molar-refractivity contribution in [3.8, 4) is 5.75 Å². The van der Waals surface area contributed by atoms with Gasteiger partial charge in [-0.15, -0.1) is 0 Å². The fourth-order valence-electron chi connectivity index (χ4n) is 2.71. The Morgan fingerprint density at radius 1 is 1.17 bits per heavy atom. The molecule has 1 aromatic rings. The van der Waals surface area contributed by atoms with E-state index in [0.29, 0.717) is 0 Å². The van der Waals surface area contributed by atoms with Gasteiger partial charge in [0.2, 0.25) is 0 Å². The maximum atomic E-state index is 6.31. The lowest BCUT2D eigenvalue weighted by Gasteiger charge is -2.42. The van der Waals surface area contributed by atoms with Gasteiger partial charge in [0.05, 0.1) is 0 Å². The molecule has 2 heteroatoms. The smallest absolute Gasteiger partial charge is 0.120 e. The molecule has 0 radical (unpaired) electrons. The summed E-state index contributed by atoms with van der Waals surface area (Å²) in [6, 6.07) is 6.50. The Morgan fingerprint density at radius 3 is 2.33 bits per heavy atom. The fourth-order valence-corrected chi connectivity index (χ4v) is 2.71. The third-order valence-corrected chi connectivity index (χ3v) is 3.80. The third-order valence-electron chi connectivity index (χ3n) is 3.80. The minimum Gasteiger partial charge on any atom is -0.487 e. The summed E-state index contributed by atoms with van der Waals surface area (Å²) in [5.41, 5.74) is 2.67. The van der Waals surface area contributed by atoms with Crippen molar-refractivity contribution in [2.24, 2.45) is 0 Å². The molecule has 0 atom stereocenters. The van der Waals surface area contributed by atoms with Gasteiger partial charge >= 0.3 is 0 Å². The van der Waals surface area contributed by atoms with Gasteiger partial charge in [-0.1, -0.05) is 13.0 Å². The van der Waals surface area contributed by atoms with E-state index in [2.05, 4.69) is 44.3 Å². The number of hydrogen-bond donors (Lipinski definition) is 1. The predicted molar refractivity (Wildman–Crippen MR) is 76.3 cm³/mol. The third kappa shape index (κ3) is 3.26. The fraction of sp³-hybridized carbons (Fsp3) is 0.625. The van der Waals surface area contributed by atoms with Crippen molar-refractivity contribution in [1.82, 2.24) is 5.32 Å². The molecule has 0 saturated heterocycles. The van der Waals surface area contributed by atoms with Crippen LogP contribution in [0.3, 0.4) is 0 Å². The van der Waals surface area contributed by atoms with Crippen LogP contribution in [-0.2, 0) is 0 Å². The average Bonchev–Trinajstić information content (AvgIpc) is 2.24. The van der Waals surface area contributed by atoms with Crippen molar-refractivity contribution < 1.29 is 4.74 Å². The zero-order valence-electron chi connectivity index (χ0n) is 11.9. The lowest BCUT2D eigenvalue weighted by molar-refractivity contribution is -0.0142. The molecule has 1 aliphatic rings. The van der Waals surface area contributed by atoms with Crippen molar-refractivity contribution in [3.05, 3.63) is 29.3 Å². The van der Waals surface area contributed by atoms with Crippen LogP contribution in [0.25, 0.3) is 0 Å². The molecule has 0 bridgehead atoms. The van der Waals surface area contributed by atoms with Crippen molar-refractivity contribution in [3.63, 3.8) is 0 Å². The number of rotatable bonds is 6. The molecular weight excluding hydrogens is 222 g/mol. The Kier molecular flexibility index (Phi) is 4.28. The first-order valence-corrected chi connectivity index (χ1v) is 7.12. The van der Waals surface area contributed by atoms with E-state index in [0.717, 1.165) is 25.3 Å². The Morgan fingerprint density at radius 2 is 1.83 bits per heavy atom. The van der Waals surface area contributed by atoms with E-state index in [4.69, 9.17) is 4.74 Å². The maximum absolute atomic E-state index is 6.31. The predicted octanol–water partition coefficient (Wildman–Crippen LogP) is 3.60. The topological polar surface area (TPSA) is 21.3 Å². The van der Waals surface area contributed by atoms with Gasteiger partial charge in [0.25, 0.3) is 0 Å². The summed E-state index contributed by atoms with van der Waals surface area (Å²) in [5, 5.41) is 3.40. The van der Waals surface area contributed by atoms with Gasteiger partial charge in [-0.2, -0.15) is 0 Å². The summed E-state index contributed by atoms with van der Waals surface area (Å²) < 4.78 is 6.31. The summed E-state index contributed by atoms with van der Waals surface area (Å²) in [6.07, 6.45) is 4.82. The Hall–Kier alpha value is -1.02. The molecule has 0 aliphatic heterocycles. The van der Waals surface area contributed by atoms with Crippen LogP contribution in [-0.4, -0.2) is 18.7 Å². The zero-order chi connectivity index (χ0) is 13.0. The van der Waals surface area contributed by atoms with Crippen molar-refractivity contribution in [1.29, 1.82) is 0 Å². The molecule has 1 aromatic carbocycles. The van der Waals surface area contributed by atoms with Crippen LogP contribution < -0.4 is 10.1 Å². The minimum atomic E-state index is 0.0996. The van der Waals surface area contributed by atoms with Gasteiger partial charge < -0.3 is 10.1 Å². The molecule has 2 nitrogen and oxygen atoms in total. The number of nitrogens with one attached hydrogen (secondary N) is 1. The Labute approximate surface area is 111 Å². The summed E-state index contributed by atoms with van der Waals surface area (Å²) in [4.78, 5) is 0. The molecule has 2 rings (SSSR count). The quantitative estimate of drug-likeness (QED) is 0.775. The molecular formula is C16H25NO. The summed E-state index contributed by atoms with van der Waals surface area (Å²) in [7, 11) is 0. The molecule has 1 N–H and O–H groups in total. The molecule has 1 saturated carbocycles. The molecule has 0 unspecified atom stereocenters. The van der Waals surface area contributed by atoms with Crippen LogP contribution in [0.15, 0.2) is 18.2 Å². The standard InChI is InChI=1S/C16H25NO/c1-4-17-9-8-16(6-5-7-16)18-15-11-13(2)10-14(3)12-15/h10-12,17H,4-9H2,1-3H3. The van der Waals surface area contributed by atoms with Gasteiger partial charge in [-0.3, -0.25) is 0 Å². The summed E-state index contributed by atoms with van der Waals surface area (Å²) in [5.74, 6) is 1.05. The van der Waals surface area contributed by atoms with Gasteiger partial charge in [-0.25, -0.2) is 0 Å². The van der Waals surface area contributed by atoms with Crippen LogP contribution in [0, 0.1) is 13.8 Å². The molecule has 1 aliphatic carbocycles. The monoisotopic (exact) mass is 247 g/mol. The van der Waals surface area contributed by atoms with Gasteiger partial charge in [0, 0.05) is 0 Å². The molecule has 100 valence electrons. The molecule has 18 heavy (non-hydrogen) atoms. The van der Waals surface area contributed by atoms with E-state index < -0.39 is 0 Å². The van der Waals surface area contributed by atoms with Crippen molar-refractivity contribution >= 4 is 0 Å². The highest BCUT2D eigenvalue weighted by Gasteiger charge is 2.38. The Bertz CT molecular complexity index is 376. The van der Waals surface area contributed by atoms with Crippen LogP contribution >= 0.6 is 0 Å². The molecule has 1 fully saturated rings. The van der Waals surface area contributed by atoms with E-state index in [1.165, 1.54) is 30.4 Å². The molecule has 0 aromatic heterocycles. The second kappa shape index (κ2) is 5.75. The lowest BCUT2D eigenvalue weighted by Crippen LogP contribution is -2.45. The summed E-state index contributed by atoms with van der Waals surface area (Å²) >= 11 is 0. The first-order valence-electron chi connectivity index (χ1n) is 7.12. The normalized spacial score (nSPS) is 17.3. The first kappa shape index (κ1) is 13.4. The van der Waals surface area contributed by atoms with Gasteiger partial charge in [0.1, 0.15) is 11.4 Å². The number of hydrogen-bond acceptors (Lipinski definition) is 2. The highest BCUT2D eigenvalue weighted by molar-refractivity contribution is 5.33.